The van der Waals surface area contributed by atoms with Crippen molar-refractivity contribution in [1.29, 1.82) is 0 Å². The SMILES string of the molecule is C=C(COCOCOCCCCCCCCCCCC)C(=O)OCCCCCCCCCCCC. The number of hydrogen-bond donors (Lipinski definition) is 0. The van der Waals surface area contributed by atoms with Crippen LogP contribution in [0.2, 0.25) is 0 Å². The van der Waals surface area contributed by atoms with Gasteiger partial charge in [0.25, 0.3) is 0 Å². The maximum atomic E-state index is 11.9. The molecule has 0 aliphatic heterocycles. The number of hydrogen-bond acceptors (Lipinski definition) is 5. The molecule has 0 unspecified atom stereocenters. The largest absolute Gasteiger partial charge is 0.462 e. The Morgan fingerprint density at radius 1 is 0.514 bits per heavy atom. The molecule has 0 fully saturated rings. The smallest absolute Gasteiger partial charge is 0.335 e. The standard InChI is InChI=1S/C30H58O5/c1-4-6-8-10-12-14-16-18-20-22-24-32-27-34-28-33-26-29(3)30(31)35-25-23-21-19-17-15-13-11-9-7-5-2/h3-28H2,1-2H3. The van der Waals surface area contributed by atoms with Crippen molar-refractivity contribution in [1.82, 2.24) is 0 Å². The van der Waals surface area contributed by atoms with Crippen molar-refractivity contribution in [2.45, 2.75) is 142 Å². The van der Waals surface area contributed by atoms with Crippen molar-refractivity contribution in [2.75, 3.05) is 33.4 Å². The number of ether oxygens (including phenoxy) is 4. The lowest BCUT2D eigenvalue weighted by molar-refractivity contribution is -0.143. The lowest BCUT2D eigenvalue weighted by Gasteiger charge is -2.09. The van der Waals surface area contributed by atoms with Gasteiger partial charge in [-0.25, -0.2) is 4.79 Å². The van der Waals surface area contributed by atoms with Gasteiger partial charge in [-0.15, -0.1) is 0 Å². The highest BCUT2D eigenvalue weighted by atomic mass is 16.7. The predicted octanol–water partition coefficient (Wildman–Crippen LogP) is 8.89. The Labute approximate surface area is 217 Å². The molecule has 0 N–H and O–H groups in total. The van der Waals surface area contributed by atoms with E-state index >= 15 is 0 Å². The second-order valence-electron chi connectivity index (χ2n) is 9.80. The molecule has 0 atom stereocenters. The highest BCUT2D eigenvalue weighted by Gasteiger charge is 2.08. The van der Waals surface area contributed by atoms with Crippen molar-refractivity contribution in [2.24, 2.45) is 0 Å². The third kappa shape index (κ3) is 27.5. The van der Waals surface area contributed by atoms with Crippen LogP contribution in [0.5, 0.6) is 0 Å². The highest BCUT2D eigenvalue weighted by molar-refractivity contribution is 5.87. The molecule has 0 amide bonds. The van der Waals surface area contributed by atoms with Crippen molar-refractivity contribution in [3.63, 3.8) is 0 Å². The van der Waals surface area contributed by atoms with Crippen molar-refractivity contribution in [3.8, 4) is 0 Å². The fourth-order valence-corrected chi connectivity index (χ4v) is 3.98. The Balaban J connectivity index is 3.28. The van der Waals surface area contributed by atoms with Gasteiger partial charge in [-0.2, -0.15) is 0 Å². The second-order valence-corrected chi connectivity index (χ2v) is 9.80. The average molecular weight is 499 g/mol. The maximum absolute atomic E-state index is 11.9. The summed E-state index contributed by atoms with van der Waals surface area (Å²) >= 11 is 0. The molecule has 5 nitrogen and oxygen atoms in total. The van der Waals surface area contributed by atoms with E-state index in [0.29, 0.717) is 18.8 Å². The Kier molecular flexibility index (Phi) is 28.6. The van der Waals surface area contributed by atoms with Crippen LogP contribution < -0.4 is 0 Å². The summed E-state index contributed by atoms with van der Waals surface area (Å²) in [6, 6.07) is 0. The zero-order valence-corrected chi connectivity index (χ0v) is 23.4. The van der Waals surface area contributed by atoms with E-state index in [1.165, 1.54) is 109 Å². The van der Waals surface area contributed by atoms with Gasteiger partial charge in [0, 0.05) is 6.61 Å². The molecule has 0 saturated carbocycles. The van der Waals surface area contributed by atoms with E-state index < -0.39 is 0 Å². The topological polar surface area (TPSA) is 54.0 Å². The first kappa shape index (κ1) is 34.1. The minimum Gasteiger partial charge on any atom is -0.462 e. The van der Waals surface area contributed by atoms with Gasteiger partial charge in [0.15, 0.2) is 0 Å². The van der Waals surface area contributed by atoms with Gasteiger partial charge in [-0.3, -0.25) is 0 Å². The fraction of sp³-hybridized carbons (Fsp3) is 0.900. The van der Waals surface area contributed by atoms with Crippen LogP contribution in [0, 0.1) is 0 Å². The molecule has 0 aromatic heterocycles. The number of unbranched alkanes of at least 4 members (excludes halogenated alkanes) is 18. The van der Waals surface area contributed by atoms with Crippen LogP contribution in [0.3, 0.4) is 0 Å². The number of rotatable bonds is 29. The third-order valence-corrected chi connectivity index (χ3v) is 6.27. The molecule has 0 bridgehead atoms. The first-order valence-electron chi connectivity index (χ1n) is 14.8. The summed E-state index contributed by atoms with van der Waals surface area (Å²) in [7, 11) is 0. The van der Waals surface area contributed by atoms with Crippen LogP contribution in [0.15, 0.2) is 12.2 Å². The molecular weight excluding hydrogens is 440 g/mol. The summed E-state index contributed by atoms with van der Waals surface area (Å²) in [5.74, 6) is -0.377. The third-order valence-electron chi connectivity index (χ3n) is 6.27. The van der Waals surface area contributed by atoms with E-state index in [4.69, 9.17) is 18.9 Å². The Morgan fingerprint density at radius 2 is 0.914 bits per heavy atom. The van der Waals surface area contributed by atoms with E-state index in [1.807, 2.05) is 0 Å². The lowest BCUT2D eigenvalue weighted by atomic mass is 10.1. The molecular formula is C30H58O5. The van der Waals surface area contributed by atoms with Crippen LogP contribution in [-0.4, -0.2) is 39.4 Å². The maximum Gasteiger partial charge on any atom is 0.335 e. The zero-order chi connectivity index (χ0) is 25.7. The molecule has 0 rings (SSSR count). The van der Waals surface area contributed by atoms with Crippen molar-refractivity contribution in [3.05, 3.63) is 12.2 Å². The Bertz CT molecular complexity index is 452. The van der Waals surface area contributed by atoms with Crippen LogP contribution in [0.1, 0.15) is 142 Å². The van der Waals surface area contributed by atoms with Gasteiger partial charge >= 0.3 is 5.97 Å². The molecule has 5 heteroatoms. The van der Waals surface area contributed by atoms with Crippen molar-refractivity contribution < 1.29 is 23.7 Å². The minimum atomic E-state index is -0.377. The molecule has 0 radical (unpaired) electrons. The molecule has 0 aromatic carbocycles. The van der Waals surface area contributed by atoms with Crippen molar-refractivity contribution >= 4 is 5.97 Å². The summed E-state index contributed by atoms with van der Waals surface area (Å²) in [6.45, 7) is 9.85. The first-order valence-corrected chi connectivity index (χ1v) is 14.8. The summed E-state index contributed by atoms with van der Waals surface area (Å²) < 4.78 is 21.4. The monoisotopic (exact) mass is 498 g/mol. The van der Waals surface area contributed by atoms with Gasteiger partial charge in [0.1, 0.15) is 13.6 Å². The van der Waals surface area contributed by atoms with E-state index in [0.717, 1.165) is 19.3 Å². The zero-order valence-electron chi connectivity index (χ0n) is 23.4. The average Bonchev–Trinajstić information content (AvgIpc) is 2.86. The van der Waals surface area contributed by atoms with Gasteiger partial charge in [0.05, 0.1) is 18.8 Å². The molecule has 0 aliphatic rings. The van der Waals surface area contributed by atoms with E-state index in [1.54, 1.807) is 0 Å². The second kappa shape index (κ2) is 29.3. The highest BCUT2D eigenvalue weighted by Crippen LogP contribution is 2.11. The Morgan fingerprint density at radius 3 is 1.40 bits per heavy atom. The normalized spacial score (nSPS) is 11.1. The summed E-state index contributed by atoms with van der Waals surface area (Å²) in [5.41, 5.74) is 0.326. The number of carbonyl (C=O) groups excluding carboxylic acids is 1. The van der Waals surface area contributed by atoms with Gasteiger partial charge in [0.2, 0.25) is 0 Å². The summed E-state index contributed by atoms with van der Waals surface area (Å²) in [5, 5.41) is 0. The molecule has 0 heterocycles. The first-order chi connectivity index (χ1) is 17.2. The van der Waals surface area contributed by atoms with Crippen LogP contribution in [0.4, 0.5) is 0 Å². The lowest BCUT2D eigenvalue weighted by Crippen LogP contribution is -2.14. The summed E-state index contributed by atoms with van der Waals surface area (Å²) in [6.07, 6.45) is 25.7. The van der Waals surface area contributed by atoms with Crippen LogP contribution >= 0.6 is 0 Å². The minimum absolute atomic E-state index is 0.0861. The molecule has 0 saturated heterocycles. The van der Waals surface area contributed by atoms with E-state index in [2.05, 4.69) is 20.4 Å². The van der Waals surface area contributed by atoms with Gasteiger partial charge in [-0.05, 0) is 12.8 Å². The Hall–Kier alpha value is -0.910. The molecule has 0 spiro atoms. The number of esters is 1. The molecule has 0 aliphatic carbocycles. The quantitative estimate of drug-likeness (QED) is 0.0446. The van der Waals surface area contributed by atoms with Gasteiger partial charge in [-0.1, -0.05) is 136 Å². The van der Waals surface area contributed by atoms with Crippen LogP contribution in [-0.2, 0) is 23.7 Å². The van der Waals surface area contributed by atoms with E-state index in [9.17, 15) is 4.79 Å². The number of carbonyl (C=O) groups is 1. The predicted molar refractivity (Wildman–Crippen MR) is 147 cm³/mol. The molecule has 208 valence electrons. The van der Waals surface area contributed by atoms with Gasteiger partial charge < -0.3 is 18.9 Å². The van der Waals surface area contributed by atoms with Crippen LogP contribution in [0.25, 0.3) is 0 Å². The van der Waals surface area contributed by atoms with E-state index in [-0.39, 0.29) is 26.2 Å². The fourth-order valence-electron chi connectivity index (χ4n) is 3.98. The molecule has 0 aromatic rings. The molecule has 35 heavy (non-hydrogen) atoms. The summed E-state index contributed by atoms with van der Waals surface area (Å²) in [4.78, 5) is 11.9.